The Labute approximate surface area is 110 Å². The molecule has 2 aliphatic heterocycles. The fourth-order valence-electron chi connectivity index (χ4n) is 2.95. The Morgan fingerprint density at radius 1 is 1.11 bits per heavy atom. The van der Waals surface area contributed by atoms with Crippen molar-refractivity contribution in [2.75, 3.05) is 52.5 Å². The van der Waals surface area contributed by atoms with Crippen LogP contribution in [0.3, 0.4) is 0 Å². The van der Waals surface area contributed by atoms with E-state index in [0.717, 1.165) is 38.6 Å². The van der Waals surface area contributed by atoms with Crippen molar-refractivity contribution in [3.63, 3.8) is 0 Å². The van der Waals surface area contributed by atoms with Crippen molar-refractivity contribution in [3.05, 3.63) is 0 Å². The standard InChI is InChI=1S/C14H25N3O/c15-5-2-1-3-6-16-7-4-14(12-16)13-17-8-10-18-11-9-17/h14H,1-4,6-13H2/t14-/m1/s1. The summed E-state index contributed by atoms with van der Waals surface area (Å²) in [4.78, 5) is 5.12. The van der Waals surface area contributed by atoms with E-state index >= 15 is 0 Å². The van der Waals surface area contributed by atoms with E-state index in [1.807, 2.05) is 0 Å². The molecule has 0 N–H and O–H groups in total. The second-order valence-corrected chi connectivity index (χ2v) is 5.48. The largest absolute Gasteiger partial charge is 0.379 e. The van der Waals surface area contributed by atoms with Crippen LogP contribution in [0.1, 0.15) is 25.7 Å². The van der Waals surface area contributed by atoms with Gasteiger partial charge in [0.15, 0.2) is 0 Å². The van der Waals surface area contributed by atoms with Crippen LogP contribution in [-0.2, 0) is 4.74 Å². The first-order valence-corrected chi connectivity index (χ1v) is 7.28. The van der Waals surface area contributed by atoms with Crippen LogP contribution in [0.5, 0.6) is 0 Å². The predicted octanol–water partition coefficient (Wildman–Crippen LogP) is 1.33. The normalized spacial score (nSPS) is 26.3. The highest BCUT2D eigenvalue weighted by Crippen LogP contribution is 2.18. The molecule has 0 saturated carbocycles. The van der Waals surface area contributed by atoms with Crippen molar-refractivity contribution in [3.8, 4) is 6.07 Å². The first kappa shape index (κ1) is 13.8. The van der Waals surface area contributed by atoms with Gasteiger partial charge in [0.1, 0.15) is 0 Å². The van der Waals surface area contributed by atoms with Crippen molar-refractivity contribution in [2.24, 2.45) is 5.92 Å². The van der Waals surface area contributed by atoms with Crippen LogP contribution in [0.2, 0.25) is 0 Å². The first-order chi connectivity index (χ1) is 8.88. The number of nitrogens with zero attached hydrogens (tertiary/aromatic N) is 3. The molecule has 4 nitrogen and oxygen atoms in total. The van der Waals surface area contributed by atoms with Gasteiger partial charge in [-0.25, -0.2) is 0 Å². The lowest BCUT2D eigenvalue weighted by atomic mass is 10.1. The summed E-state index contributed by atoms with van der Waals surface area (Å²) in [6.07, 6.45) is 4.29. The number of unbranched alkanes of at least 4 members (excludes halogenated alkanes) is 2. The number of likely N-dealkylation sites (tertiary alicyclic amines) is 1. The molecule has 0 radical (unpaired) electrons. The summed E-state index contributed by atoms with van der Waals surface area (Å²) in [6, 6.07) is 2.22. The van der Waals surface area contributed by atoms with Crippen LogP contribution in [0.15, 0.2) is 0 Å². The molecular weight excluding hydrogens is 226 g/mol. The van der Waals surface area contributed by atoms with Gasteiger partial charge in [-0.1, -0.05) is 0 Å². The zero-order valence-electron chi connectivity index (χ0n) is 11.3. The molecular formula is C14H25N3O. The monoisotopic (exact) mass is 251 g/mol. The molecule has 2 aliphatic rings. The van der Waals surface area contributed by atoms with Crippen LogP contribution in [0.4, 0.5) is 0 Å². The van der Waals surface area contributed by atoms with E-state index in [9.17, 15) is 0 Å². The van der Waals surface area contributed by atoms with Gasteiger partial charge in [-0.05, 0) is 38.3 Å². The van der Waals surface area contributed by atoms with Gasteiger partial charge in [-0.3, -0.25) is 4.90 Å². The fourth-order valence-corrected chi connectivity index (χ4v) is 2.95. The van der Waals surface area contributed by atoms with E-state index in [1.165, 1.54) is 39.0 Å². The summed E-state index contributed by atoms with van der Waals surface area (Å²) < 4.78 is 5.38. The number of morpholine rings is 1. The maximum atomic E-state index is 8.50. The van der Waals surface area contributed by atoms with E-state index in [2.05, 4.69) is 15.9 Å². The van der Waals surface area contributed by atoms with Crippen molar-refractivity contribution in [1.82, 2.24) is 9.80 Å². The van der Waals surface area contributed by atoms with E-state index in [-0.39, 0.29) is 0 Å². The van der Waals surface area contributed by atoms with Crippen LogP contribution in [-0.4, -0.2) is 62.3 Å². The van der Waals surface area contributed by atoms with Gasteiger partial charge in [0.25, 0.3) is 0 Å². The molecule has 0 amide bonds. The SMILES string of the molecule is N#CCCCCN1CC[C@@H](CN2CCOCC2)C1. The molecule has 0 aromatic rings. The molecule has 0 aromatic heterocycles. The minimum absolute atomic E-state index is 0.713. The topological polar surface area (TPSA) is 39.5 Å². The lowest BCUT2D eigenvalue weighted by Crippen LogP contribution is -2.39. The molecule has 102 valence electrons. The molecule has 0 bridgehead atoms. The zero-order valence-corrected chi connectivity index (χ0v) is 11.3. The molecule has 0 unspecified atom stereocenters. The number of ether oxygens (including phenoxy) is 1. The molecule has 0 aromatic carbocycles. The lowest BCUT2D eigenvalue weighted by molar-refractivity contribution is 0.0312. The van der Waals surface area contributed by atoms with E-state index in [1.54, 1.807) is 0 Å². The highest BCUT2D eigenvalue weighted by Gasteiger charge is 2.24. The number of nitriles is 1. The molecule has 2 fully saturated rings. The highest BCUT2D eigenvalue weighted by atomic mass is 16.5. The minimum Gasteiger partial charge on any atom is -0.379 e. The highest BCUT2D eigenvalue weighted by molar-refractivity contribution is 4.79. The Morgan fingerprint density at radius 3 is 2.72 bits per heavy atom. The third-order valence-corrected chi connectivity index (χ3v) is 4.00. The molecule has 2 saturated heterocycles. The first-order valence-electron chi connectivity index (χ1n) is 7.28. The van der Waals surface area contributed by atoms with Crippen molar-refractivity contribution in [2.45, 2.75) is 25.7 Å². The lowest BCUT2D eigenvalue weighted by Gasteiger charge is -2.29. The molecule has 1 atom stereocenters. The van der Waals surface area contributed by atoms with Crippen molar-refractivity contribution < 1.29 is 4.74 Å². The number of hydrogen-bond donors (Lipinski definition) is 0. The Kier molecular flexibility index (Phi) is 5.92. The predicted molar refractivity (Wildman–Crippen MR) is 71.3 cm³/mol. The summed E-state index contributed by atoms with van der Waals surface area (Å²) in [7, 11) is 0. The van der Waals surface area contributed by atoms with Crippen LogP contribution < -0.4 is 0 Å². The van der Waals surface area contributed by atoms with Crippen LogP contribution >= 0.6 is 0 Å². The van der Waals surface area contributed by atoms with Gasteiger partial charge in [-0.15, -0.1) is 0 Å². The van der Waals surface area contributed by atoms with E-state index in [0.29, 0.717) is 6.42 Å². The second-order valence-electron chi connectivity index (χ2n) is 5.48. The van der Waals surface area contributed by atoms with Crippen LogP contribution in [0, 0.1) is 17.2 Å². The third kappa shape index (κ3) is 4.56. The quantitative estimate of drug-likeness (QED) is 0.668. The minimum atomic E-state index is 0.713. The summed E-state index contributed by atoms with van der Waals surface area (Å²) >= 11 is 0. The molecule has 18 heavy (non-hydrogen) atoms. The number of rotatable bonds is 6. The maximum Gasteiger partial charge on any atom is 0.0621 e. The molecule has 4 heteroatoms. The smallest absolute Gasteiger partial charge is 0.0621 e. The van der Waals surface area contributed by atoms with Gasteiger partial charge in [0.2, 0.25) is 0 Å². The van der Waals surface area contributed by atoms with E-state index in [4.69, 9.17) is 10.00 Å². The average molecular weight is 251 g/mol. The number of hydrogen-bond acceptors (Lipinski definition) is 4. The average Bonchev–Trinajstić information content (AvgIpc) is 2.84. The van der Waals surface area contributed by atoms with Gasteiger partial charge >= 0.3 is 0 Å². The summed E-state index contributed by atoms with van der Waals surface area (Å²) in [6.45, 7) is 8.97. The molecule has 0 spiro atoms. The van der Waals surface area contributed by atoms with Gasteiger partial charge in [-0.2, -0.15) is 5.26 Å². The molecule has 2 rings (SSSR count). The third-order valence-electron chi connectivity index (χ3n) is 4.00. The Hall–Kier alpha value is -0.630. The summed E-state index contributed by atoms with van der Waals surface area (Å²) in [5.74, 6) is 0.846. The fraction of sp³-hybridized carbons (Fsp3) is 0.929. The van der Waals surface area contributed by atoms with Crippen molar-refractivity contribution in [1.29, 1.82) is 5.26 Å². The molecule has 0 aliphatic carbocycles. The van der Waals surface area contributed by atoms with Gasteiger partial charge in [0.05, 0.1) is 19.3 Å². The van der Waals surface area contributed by atoms with Gasteiger partial charge in [0, 0.05) is 32.6 Å². The second kappa shape index (κ2) is 7.73. The van der Waals surface area contributed by atoms with E-state index < -0.39 is 0 Å². The maximum absolute atomic E-state index is 8.50. The molecule has 2 heterocycles. The Bertz CT molecular complexity index is 271. The van der Waals surface area contributed by atoms with Crippen LogP contribution in [0.25, 0.3) is 0 Å². The summed E-state index contributed by atoms with van der Waals surface area (Å²) in [5.41, 5.74) is 0. The Balaban J connectivity index is 1.58. The summed E-state index contributed by atoms with van der Waals surface area (Å²) in [5, 5.41) is 8.50. The zero-order chi connectivity index (χ0) is 12.6. The Morgan fingerprint density at radius 2 is 1.94 bits per heavy atom. The van der Waals surface area contributed by atoms with Crippen molar-refractivity contribution >= 4 is 0 Å². The van der Waals surface area contributed by atoms with Gasteiger partial charge < -0.3 is 9.64 Å².